The molecule has 0 aromatic rings. The van der Waals surface area contributed by atoms with Crippen LogP contribution in [0, 0.1) is 0 Å². The predicted molar refractivity (Wildman–Crippen MR) is 57.4 cm³/mol. The van der Waals surface area contributed by atoms with E-state index in [-0.39, 0.29) is 11.6 Å². The van der Waals surface area contributed by atoms with Crippen LogP contribution in [0.4, 0.5) is 0 Å². The van der Waals surface area contributed by atoms with Gasteiger partial charge in [-0.05, 0) is 39.3 Å². The van der Waals surface area contributed by atoms with E-state index in [1.807, 2.05) is 0 Å². The van der Waals surface area contributed by atoms with Gasteiger partial charge in [0.05, 0.1) is 12.7 Å². The number of rotatable bonds is 5. The minimum Gasteiger partial charge on any atom is -0.389 e. The highest BCUT2D eigenvalue weighted by atomic mass is 16.5. The number of aliphatic hydroxyl groups excluding tert-OH is 1. The van der Waals surface area contributed by atoms with Crippen LogP contribution in [0.5, 0.6) is 0 Å². The zero-order valence-electron chi connectivity index (χ0n) is 9.62. The van der Waals surface area contributed by atoms with E-state index in [4.69, 9.17) is 4.74 Å². The Morgan fingerprint density at radius 3 is 2.43 bits per heavy atom. The first kappa shape index (κ1) is 12.0. The summed E-state index contributed by atoms with van der Waals surface area (Å²) in [4.78, 5) is 2.40. The molecule has 1 aliphatic heterocycles. The minimum absolute atomic E-state index is 0.105. The second kappa shape index (κ2) is 5.10. The second-order valence-corrected chi connectivity index (χ2v) is 4.38. The fourth-order valence-corrected chi connectivity index (χ4v) is 2.24. The molecular weight excluding hydrogens is 178 g/mol. The summed E-state index contributed by atoms with van der Waals surface area (Å²) in [5.74, 6) is 0. The van der Waals surface area contributed by atoms with Gasteiger partial charge in [0.1, 0.15) is 0 Å². The number of ether oxygens (including phenoxy) is 1. The van der Waals surface area contributed by atoms with Crippen LogP contribution in [-0.2, 0) is 4.74 Å². The highest BCUT2D eigenvalue weighted by Gasteiger charge is 2.38. The number of likely N-dealkylation sites (tertiary alicyclic amines) is 1. The molecular formula is C11H23NO2. The molecule has 0 radical (unpaired) electrons. The third-order valence-corrected chi connectivity index (χ3v) is 3.59. The van der Waals surface area contributed by atoms with Crippen molar-refractivity contribution in [1.82, 2.24) is 4.90 Å². The molecule has 3 heteroatoms. The van der Waals surface area contributed by atoms with Gasteiger partial charge < -0.3 is 9.84 Å². The number of hydrogen-bond donors (Lipinski definition) is 1. The van der Waals surface area contributed by atoms with Gasteiger partial charge in [-0.3, -0.25) is 4.90 Å². The van der Waals surface area contributed by atoms with Crippen molar-refractivity contribution in [3.63, 3.8) is 0 Å². The van der Waals surface area contributed by atoms with E-state index >= 15 is 0 Å². The number of aliphatic hydroxyl groups is 1. The monoisotopic (exact) mass is 201 g/mol. The Kier molecular flexibility index (Phi) is 4.35. The van der Waals surface area contributed by atoms with E-state index in [1.165, 1.54) is 12.8 Å². The Bertz CT molecular complexity index is 169. The van der Waals surface area contributed by atoms with Gasteiger partial charge in [-0.1, -0.05) is 6.92 Å². The summed E-state index contributed by atoms with van der Waals surface area (Å²) >= 11 is 0. The van der Waals surface area contributed by atoms with Crippen molar-refractivity contribution in [2.45, 2.75) is 44.8 Å². The Morgan fingerprint density at radius 2 is 2.00 bits per heavy atom. The van der Waals surface area contributed by atoms with Gasteiger partial charge in [-0.2, -0.15) is 0 Å². The predicted octanol–water partition coefficient (Wildman–Crippen LogP) is 1.26. The van der Waals surface area contributed by atoms with Gasteiger partial charge in [0, 0.05) is 12.6 Å². The molecule has 14 heavy (non-hydrogen) atoms. The maximum atomic E-state index is 10.1. The Morgan fingerprint density at radius 1 is 1.43 bits per heavy atom. The molecule has 0 spiro atoms. The molecule has 1 fully saturated rings. The quantitative estimate of drug-likeness (QED) is 0.727. The smallest absolute Gasteiger partial charge is 0.0953 e. The van der Waals surface area contributed by atoms with Crippen molar-refractivity contribution in [2.75, 3.05) is 26.8 Å². The van der Waals surface area contributed by atoms with Gasteiger partial charge in [0.25, 0.3) is 0 Å². The van der Waals surface area contributed by atoms with E-state index in [9.17, 15) is 5.11 Å². The number of hydrogen-bond acceptors (Lipinski definition) is 3. The fourth-order valence-electron chi connectivity index (χ4n) is 2.24. The standard InChI is InChI=1S/C11H23NO2/c1-4-11(2,10(13)9-14-3)12-7-5-6-8-12/h10,13H,4-9H2,1-3H3. The van der Waals surface area contributed by atoms with Gasteiger partial charge >= 0.3 is 0 Å². The summed E-state index contributed by atoms with van der Waals surface area (Å²) < 4.78 is 5.03. The summed E-state index contributed by atoms with van der Waals surface area (Å²) in [7, 11) is 1.64. The Balaban J connectivity index is 2.62. The number of nitrogens with zero attached hydrogens (tertiary/aromatic N) is 1. The molecule has 0 amide bonds. The van der Waals surface area contributed by atoms with E-state index in [0.717, 1.165) is 19.5 Å². The first-order valence-electron chi connectivity index (χ1n) is 5.57. The van der Waals surface area contributed by atoms with E-state index in [2.05, 4.69) is 18.7 Å². The molecule has 0 aliphatic carbocycles. The summed E-state index contributed by atoms with van der Waals surface area (Å²) in [5.41, 5.74) is -0.105. The highest BCUT2D eigenvalue weighted by Crippen LogP contribution is 2.27. The van der Waals surface area contributed by atoms with Crippen molar-refractivity contribution in [1.29, 1.82) is 0 Å². The molecule has 1 N–H and O–H groups in total. The van der Waals surface area contributed by atoms with E-state index in [0.29, 0.717) is 6.61 Å². The molecule has 0 saturated carbocycles. The van der Waals surface area contributed by atoms with Crippen molar-refractivity contribution in [2.24, 2.45) is 0 Å². The van der Waals surface area contributed by atoms with Crippen LogP contribution in [0.15, 0.2) is 0 Å². The van der Waals surface area contributed by atoms with Crippen LogP contribution in [0.3, 0.4) is 0 Å². The molecule has 0 bridgehead atoms. The third kappa shape index (κ3) is 2.27. The molecule has 3 nitrogen and oxygen atoms in total. The average molecular weight is 201 g/mol. The second-order valence-electron chi connectivity index (χ2n) is 4.38. The first-order valence-corrected chi connectivity index (χ1v) is 5.57. The van der Waals surface area contributed by atoms with Gasteiger partial charge in [0.15, 0.2) is 0 Å². The fraction of sp³-hybridized carbons (Fsp3) is 1.00. The van der Waals surface area contributed by atoms with Crippen molar-refractivity contribution in [3.8, 4) is 0 Å². The molecule has 0 aromatic carbocycles. The van der Waals surface area contributed by atoms with Crippen molar-refractivity contribution >= 4 is 0 Å². The van der Waals surface area contributed by atoms with Crippen LogP contribution in [0.25, 0.3) is 0 Å². The van der Waals surface area contributed by atoms with E-state index in [1.54, 1.807) is 7.11 Å². The lowest BCUT2D eigenvalue weighted by Gasteiger charge is -2.41. The zero-order valence-corrected chi connectivity index (χ0v) is 9.62. The average Bonchev–Trinajstić information content (AvgIpc) is 2.70. The minimum atomic E-state index is -0.379. The molecule has 2 atom stereocenters. The van der Waals surface area contributed by atoms with Crippen LogP contribution in [0.2, 0.25) is 0 Å². The molecule has 1 heterocycles. The summed E-state index contributed by atoms with van der Waals surface area (Å²) in [6.07, 6.45) is 3.11. The molecule has 2 unspecified atom stereocenters. The van der Waals surface area contributed by atoms with Gasteiger partial charge in [0.2, 0.25) is 0 Å². The zero-order chi connectivity index (χ0) is 10.6. The number of methoxy groups -OCH3 is 1. The summed E-state index contributed by atoms with van der Waals surface area (Å²) in [5, 5.41) is 10.1. The highest BCUT2D eigenvalue weighted by molar-refractivity contribution is 4.93. The molecule has 1 saturated heterocycles. The SMILES string of the molecule is CCC(C)(C(O)COC)N1CCCC1. The Labute approximate surface area is 87.1 Å². The molecule has 1 rings (SSSR count). The Hall–Kier alpha value is -0.120. The van der Waals surface area contributed by atoms with E-state index < -0.39 is 0 Å². The van der Waals surface area contributed by atoms with Crippen LogP contribution in [0.1, 0.15) is 33.1 Å². The van der Waals surface area contributed by atoms with Crippen molar-refractivity contribution < 1.29 is 9.84 Å². The van der Waals surface area contributed by atoms with Crippen LogP contribution >= 0.6 is 0 Å². The maximum Gasteiger partial charge on any atom is 0.0953 e. The first-order chi connectivity index (χ1) is 6.65. The topological polar surface area (TPSA) is 32.7 Å². The lowest BCUT2D eigenvalue weighted by Crippen LogP contribution is -2.54. The van der Waals surface area contributed by atoms with Gasteiger partial charge in [-0.25, -0.2) is 0 Å². The van der Waals surface area contributed by atoms with Gasteiger partial charge in [-0.15, -0.1) is 0 Å². The van der Waals surface area contributed by atoms with Crippen LogP contribution in [-0.4, -0.2) is 48.5 Å². The third-order valence-electron chi connectivity index (χ3n) is 3.59. The molecule has 0 aromatic heterocycles. The molecule has 84 valence electrons. The lowest BCUT2D eigenvalue weighted by atomic mass is 9.90. The summed E-state index contributed by atoms with van der Waals surface area (Å²) in [6, 6.07) is 0. The van der Waals surface area contributed by atoms with Crippen LogP contribution < -0.4 is 0 Å². The van der Waals surface area contributed by atoms with Crippen molar-refractivity contribution in [3.05, 3.63) is 0 Å². The maximum absolute atomic E-state index is 10.1. The largest absolute Gasteiger partial charge is 0.389 e. The normalized spacial score (nSPS) is 24.9. The lowest BCUT2D eigenvalue weighted by molar-refractivity contribution is -0.0503. The summed E-state index contributed by atoms with van der Waals surface area (Å²) in [6.45, 7) is 6.94. The molecule has 1 aliphatic rings.